The van der Waals surface area contributed by atoms with Gasteiger partial charge in [-0.2, -0.15) is 0 Å². The molecule has 0 N–H and O–H groups in total. The second-order valence-electron chi connectivity index (χ2n) is 10.5. The summed E-state index contributed by atoms with van der Waals surface area (Å²) >= 11 is 2.44. The molecule has 0 aliphatic rings. The fourth-order valence-electron chi connectivity index (χ4n) is 4.89. The second-order valence-corrected chi connectivity index (χ2v) is 12.5. The quantitative estimate of drug-likeness (QED) is 0.157. The molecule has 0 aliphatic carbocycles. The van der Waals surface area contributed by atoms with Gasteiger partial charge in [0.2, 0.25) is 9.48 Å². The van der Waals surface area contributed by atoms with Crippen LogP contribution in [0.1, 0.15) is 13.8 Å². The molecular weight excluding hydrogens is 577 g/mol. The molecule has 5 nitrogen and oxygen atoms in total. The summed E-state index contributed by atoms with van der Waals surface area (Å²) in [5, 5.41) is 1.98. The molecular formula is C36H30O5S2. The van der Waals surface area contributed by atoms with Gasteiger partial charge in [-0.25, -0.2) is 0 Å². The van der Waals surface area contributed by atoms with E-state index in [1.54, 1.807) is 0 Å². The van der Waals surface area contributed by atoms with Crippen molar-refractivity contribution < 1.29 is 14.2 Å². The molecule has 6 rings (SSSR count). The lowest BCUT2D eigenvalue weighted by atomic mass is 10.1. The van der Waals surface area contributed by atoms with Crippen LogP contribution in [0.2, 0.25) is 0 Å². The van der Waals surface area contributed by atoms with Crippen LogP contribution in [0.15, 0.2) is 119 Å². The van der Waals surface area contributed by atoms with Gasteiger partial charge in [-0.1, -0.05) is 83.3 Å². The van der Waals surface area contributed by atoms with Gasteiger partial charge in [0.15, 0.2) is 0 Å². The lowest BCUT2D eigenvalue weighted by Gasteiger charge is -2.21. The summed E-state index contributed by atoms with van der Waals surface area (Å²) in [6.45, 7) is 4.51. The molecule has 0 unspecified atom stereocenters. The Hall–Kier alpha value is -4.30. The molecule has 0 aliphatic heterocycles. The highest BCUT2D eigenvalue weighted by Crippen LogP contribution is 2.29. The maximum atomic E-state index is 12.9. The summed E-state index contributed by atoms with van der Waals surface area (Å²) in [6, 6.07) is 34.9. The van der Waals surface area contributed by atoms with Crippen LogP contribution in [-0.4, -0.2) is 25.4 Å². The zero-order chi connectivity index (χ0) is 29.8. The van der Waals surface area contributed by atoms with Crippen LogP contribution < -0.4 is 19.0 Å². The molecule has 0 amide bonds. The number of hydrogen-bond acceptors (Lipinski definition) is 7. The van der Waals surface area contributed by atoms with Gasteiger partial charge in [-0.05, 0) is 84.3 Å². The summed E-state index contributed by atoms with van der Waals surface area (Å²) in [6.07, 6.45) is -0.349. The molecule has 216 valence electrons. The van der Waals surface area contributed by atoms with Crippen LogP contribution in [0.5, 0.6) is 11.5 Å². The molecule has 0 bridgehead atoms. The van der Waals surface area contributed by atoms with Crippen LogP contribution in [-0.2, 0) is 4.74 Å². The lowest BCUT2D eigenvalue weighted by Crippen LogP contribution is -2.31. The Morgan fingerprint density at radius 1 is 0.581 bits per heavy atom. The van der Waals surface area contributed by atoms with Crippen molar-refractivity contribution in [3.05, 3.63) is 128 Å². The molecule has 2 aromatic heterocycles. The van der Waals surface area contributed by atoms with Crippen molar-refractivity contribution in [3.63, 3.8) is 0 Å². The minimum Gasteiger partial charge on any atom is -0.491 e. The third kappa shape index (κ3) is 6.86. The van der Waals surface area contributed by atoms with Gasteiger partial charge in [0.25, 0.3) is 0 Å². The van der Waals surface area contributed by atoms with E-state index < -0.39 is 0 Å². The summed E-state index contributed by atoms with van der Waals surface area (Å²) in [7, 11) is 0. The molecule has 0 radical (unpaired) electrons. The summed E-state index contributed by atoms with van der Waals surface area (Å²) in [5.41, 5.74) is 3.23. The highest BCUT2D eigenvalue weighted by Gasteiger charge is 2.15. The number of ether oxygens (including phenoxy) is 3. The Morgan fingerprint density at radius 2 is 1.02 bits per heavy atom. The Kier molecular flexibility index (Phi) is 8.65. The molecule has 43 heavy (non-hydrogen) atoms. The van der Waals surface area contributed by atoms with Gasteiger partial charge in [0, 0.05) is 20.5 Å². The molecule has 2 heterocycles. The maximum absolute atomic E-state index is 12.9. The number of fused-ring (bicyclic) bond motifs is 2. The first-order valence-corrected chi connectivity index (χ1v) is 15.7. The largest absolute Gasteiger partial charge is 0.491 e. The Labute approximate surface area is 257 Å². The van der Waals surface area contributed by atoms with Gasteiger partial charge in [-0.15, -0.1) is 0 Å². The average Bonchev–Trinajstić information content (AvgIpc) is 3.02. The highest BCUT2D eigenvalue weighted by atomic mass is 32.1. The highest BCUT2D eigenvalue weighted by molar-refractivity contribution is 7.16. The summed E-state index contributed by atoms with van der Waals surface area (Å²) in [5.74, 6) is 1.33. The van der Waals surface area contributed by atoms with E-state index in [1.165, 1.54) is 22.7 Å². The molecule has 0 spiro atoms. The number of benzene rings is 4. The van der Waals surface area contributed by atoms with E-state index in [0.717, 1.165) is 31.3 Å². The molecule has 4 aromatic carbocycles. The summed E-state index contributed by atoms with van der Waals surface area (Å²) in [4.78, 5) is 25.7. The van der Waals surface area contributed by atoms with Crippen molar-refractivity contribution >= 4 is 42.8 Å². The minimum atomic E-state index is -0.329. The average molecular weight is 607 g/mol. The predicted molar refractivity (Wildman–Crippen MR) is 178 cm³/mol. The Balaban J connectivity index is 1.14. The van der Waals surface area contributed by atoms with Crippen molar-refractivity contribution in [2.45, 2.75) is 26.1 Å². The lowest BCUT2D eigenvalue weighted by molar-refractivity contribution is -0.0391. The number of hydrogen-bond donors (Lipinski definition) is 0. The predicted octanol–water partition coefficient (Wildman–Crippen LogP) is 8.42. The van der Waals surface area contributed by atoms with Crippen LogP contribution in [0.4, 0.5) is 0 Å². The maximum Gasteiger partial charge on any atom is 0.240 e. The normalized spacial score (nSPS) is 11.4. The smallest absolute Gasteiger partial charge is 0.240 e. The standard InChI is InChI=1S/C36H30O5S2/c1-23(2)41-30(21-39-28-15-13-26-17-31(24-9-5-3-6-10-24)35(37)42-33(26)19-28)22-40-29-16-14-27-18-32(25-11-7-4-8-12-25)36(38)43-34(27)20-29/h3-20,23,30H,21-22H2,1-2H3. The third-order valence-corrected chi connectivity index (χ3v) is 8.88. The Bertz CT molecular complexity index is 1840. The van der Waals surface area contributed by atoms with E-state index in [2.05, 4.69) is 0 Å². The molecule has 0 saturated heterocycles. The van der Waals surface area contributed by atoms with E-state index in [-0.39, 0.29) is 34.9 Å². The topological polar surface area (TPSA) is 61.8 Å². The van der Waals surface area contributed by atoms with E-state index in [4.69, 9.17) is 14.2 Å². The van der Waals surface area contributed by atoms with E-state index in [9.17, 15) is 9.59 Å². The van der Waals surface area contributed by atoms with Crippen LogP contribution in [0.25, 0.3) is 42.4 Å². The molecule has 6 aromatic rings. The molecule has 7 heteroatoms. The van der Waals surface area contributed by atoms with Crippen molar-refractivity contribution in [1.29, 1.82) is 0 Å². The molecule has 0 fully saturated rings. The van der Waals surface area contributed by atoms with Crippen molar-refractivity contribution in [2.24, 2.45) is 0 Å². The van der Waals surface area contributed by atoms with E-state index in [1.807, 2.05) is 123 Å². The minimum absolute atomic E-state index is 0.0157. The van der Waals surface area contributed by atoms with E-state index >= 15 is 0 Å². The van der Waals surface area contributed by atoms with E-state index in [0.29, 0.717) is 22.6 Å². The monoisotopic (exact) mass is 606 g/mol. The van der Waals surface area contributed by atoms with Gasteiger partial charge >= 0.3 is 0 Å². The molecule has 0 atom stereocenters. The SMILES string of the molecule is CC(C)OC(COc1ccc2cc(-c3ccccc3)c(=O)sc2c1)COc1ccc2cc(-c3ccccc3)c(=O)sc2c1. The fourth-order valence-corrected chi connectivity index (χ4v) is 6.70. The van der Waals surface area contributed by atoms with Gasteiger partial charge < -0.3 is 14.2 Å². The molecule has 0 saturated carbocycles. The van der Waals surface area contributed by atoms with Crippen molar-refractivity contribution in [3.8, 4) is 33.8 Å². The zero-order valence-corrected chi connectivity index (χ0v) is 25.5. The first-order valence-electron chi connectivity index (χ1n) is 14.1. The van der Waals surface area contributed by atoms with Crippen molar-refractivity contribution in [2.75, 3.05) is 13.2 Å². The van der Waals surface area contributed by atoms with Gasteiger partial charge in [0.1, 0.15) is 30.8 Å². The first-order chi connectivity index (χ1) is 20.9. The van der Waals surface area contributed by atoms with Gasteiger partial charge in [-0.3, -0.25) is 9.59 Å². The van der Waals surface area contributed by atoms with Crippen molar-refractivity contribution in [1.82, 2.24) is 0 Å². The van der Waals surface area contributed by atoms with Gasteiger partial charge in [0.05, 0.1) is 6.10 Å². The first kappa shape index (κ1) is 28.8. The zero-order valence-electron chi connectivity index (χ0n) is 23.8. The number of rotatable bonds is 10. The Morgan fingerprint density at radius 3 is 1.44 bits per heavy atom. The third-order valence-electron chi connectivity index (χ3n) is 6.92. The van der Waals surface area contributed by atoms with Crippen LogP contribution in [0, 0.1) is 0 Å². The fraction of sp³-hybridized carbons (Fsp3) is 0.167. The second kappa shape index (κ2) is 12.9. The summed E-state index contributed by atoms with van der Waals surface area (Å²) < 4.78 is 20.1. The van der Waals surface area contributed by atoms with Crippen LogP contribution >= 0.6 is 22.7 Å². The van der Waals surface area contributed by atoms with Crippen LogP contribution in [0.3, 0.4) is 0 Å².